The fourth-order valence-corrected chi connectivity index (χ4v) is 1.61. The second kappa shape index (κ2) is 3.42. The van der Waals surface area contributed by atoms with Gasteiger partial charge >= 0.3 is 0 Å². The third-order valence-corrected chi connectivity index (χ3v) is 2.28. The molecule has 0 aliphatic rings. The van der Waals surface area contributed by atoms with Gasteiger partial charge in [0.15, 0.2) is 5.82 Å². The van der Waals surface area contributed by atoms with Crippen LogP contribution in [0, 0.1) is 6.92 Å². The Hall–Kier alpha value is -1.35. The van der Waals surface area contributed by atoms with Crippen molar-refractivity contribution in [3.05, 3.63) is 35.1 Å². The molecular weight excluding hydrogens is 198 g/mol. The minimum atomic E-state index is 0.283. The van der Waals surface area contributed by atoms with Crippen LogP contribution in [0.4, 0.5) is 0 Å². The van der Waals surface area contributed by atoms with Crippen molar-refractivity contribution in [1.29, 1.82) is 0 Å². The minimum Gasteiger partial charge on any atom is -0.247 e. The predicted octanol–water partition coefficient (Wildman–Crippen LogP) is 2.44. The molecule has 0 N–H and O–H groups in total. The number of halogens is 1. The van der Waals surface area contributed by atoms with Crippen LogP contribution in [0.25, 0.3) is 11.4 Å². The molecule has 0 fully saturated rings. The Morgan fingerprint density at radius 2 is 2.00 bits per heavy atom. The quantitative estimate of drug-likeness (QED) is 0.719. The second-order valence-electron chi connectivity index (χ2n) is 3.14. The first-order valence-electron chi connectivity index (χ1n) is 4.31. The van der Waals surface area contributed by atoms with E-state index in [1.807, 2.05) is 38.2 Å². The van der Waals surface area contributed by atoms with Crippen LogP contribution >= 0.6 is 11.6 Å². The van der Waals surface area contributed by atoms with Crippen LogP contribution < -0.4 is 0 Å². The van der Waals surface area contributed by atoms with Gasteiger partial charge in [-0.2, -0.15) is 4.98 Å². The first-order chi connectivity index (χ1) is 6.68. The molecule has 0 saturated heterocycles. The Morgan fingerprint density at radius 1 is 1.29 bits per heavy atom. The summed E-state index contributed by atoms with van der Waals surface area (Å²) in [4.78, 5) is 4.16. The lowest BCUT2D eigenvalue weighted by Gasteiger charge is -2.02. The first-order valence-corrected chi connectivity index (χ1v) is 4.69. The molecule has 1 heterocycles. The standard InChI is InChI=1S/C10H10ClN3/c1-7-5-3-4-6-8(7)9-12-10(11)13-14(9)2/h3-6H,1-2H3. The molecular formula is C10H10ClN3. The average Bonchev–Trinajstić information content (AvgIpc) is 2.46. The van der Waals surface area contributed by atoms with Gasteiger partial charge in [-0.25, -0.2) is 4.68 Å². The zero-order valence-corrected chi connectivity index (χ0v) is 8.78. The maximum Gasteiger partial charge on any atom is 0.242 e. The third kappa shape index (κ3) is 1.51. The van der Waals surface area contributed by atoms with E-state index in [-0.39, 0.29) is 5.28 Å². The van der Waals surface area contributed by atoms with Crippen LogP contribution in [0.1, 0.15) is 5.56 Å². The highest BCUT2D eigenvalue weighted by Crippen LogP contribution is 2.21. The van der Waals surface area contributed by atoms with Crippen molar-refractivity contribution in [3.63, 3.8) is 0 Å². The van der Waals surface area contributed by atoms with Gasteiger partial charge in [0.1, 0.15) is 0 Å². The van der Waals surface area contributed by atoms with Crippen molar-refractivity contribution < 1.29 is 0 Å². The number of aromatic nitrogens is 3. The van der Waals surface area contributed by atoms with E-state index in [1.165, 1.54) is 5.56 Å². The topological polar surface area (TPSA) is 30.7 Å². The highest BCUT2D eigenvalue weighted by Gasteiger charge is 2.09. The molecule has 4 heteroatoms. The van der Waals surface area contributed by atoms with Gasteiger partial charge in [0, 0.05) is 12.6 Å². The molecule has 1 aromatic carbocycles. The zero-order valence-electron chi connectivity index (χ0n) is 8.03. The Labute approximate surface area is 87.3 Å². The van der Waals surface area contributed by atoms with Crippen LogP contribution in [-0.4, -0.2) is 14.8 Å². The largest absolute Gasteiger partial charge is 0.247 e. The molecule has 0 atom stereocenters. The number of benzene rings is 1. The Balaban J connectivity index is 2.60. The van der Waals surface area contributed by atoms with Crippen LogP contribution in [0.15, 0.2) is 24.3 Å². The normalized spacial score (nSPS) is 10.5. The number of rotatable bonds is 1. The fourth-order valence-electron chi connectivity index (χ4n) is 1.41. The van der Waals surface area contributed by atoms with E-state index in [9.17, 15) is 0 Å². The summed E-state index contributed by atoms with van der Waals surface area (Å²) < 4.78 is 1.69. The molecule has 72 valence electrons. The van der Waals surface area contributed by atoms with E-state index in [1.54, 1.807) is 4.68 Å². The molecule has 0 spiro atoms. The summed E-state index contributed by atoms with van der Waals surface area (Å²) in [7, 11) is 1.83. The molecule has 0 aliphatic carbocycles. The summed E-state index contributed by atoms with van der Waals surface area (Å²) in [6.45, 7) is 2.04. The maximum absolute atomic E-state index is 5.72. The lowest BCUT2D eigenvalue weighted by atomic mass is 10.1. The summed E-state index contributed by atoms with van der Waals surface area (Å²) in [6.07, 6.45) is 0. The van der Waals surface area contributed by atoms with Crippen LogP contribution in [0.5, 0.6) is 0 Å². The van der Waals surface area contributed by atoms with Crippen LogP contribution in [-0.2, 0) is 7.05 Å². The number of hydrogen-bond donors (Lipinski definition) is 0. The van der Waals surface area contributed by atoms with Crippen molar-refractivity contribution >= 4 is 11.6 Å². The lowest BCUT2D eigenvalue weighted by Crippen LogP contribution is -1.95. The second-order valence-corrected chi connectivity index (χ2v) is 3.48. The van der Waals surface area contributed by atoms with Crippen molar-refractivity contribution in [2.75, 3.05) is 0 Å². The van der Waals surface area contributed by atoms with E-state index in [4.69, 9.17) is 11.6 Å². The molecule has 14 heavy (non-hydrogen) atoms. The van der Waals surface area contributed by atoms with E-state index >= 15 is 0 Å². The molecule has 0 amide bonds. The number of aryl methyl sites for hydroxylation is 2. The smallest absolute Gasteiger partial charge is 0.242 e. The highest BCUT2D eigenvalue weighted by atomic mass is 35.5. The molecule has 1 aromatic heterocycles. The predicted molar refractivity (Wildman–Crippen MR) is 56.2 cm³/mol. The molecule has 0 aliphatic heterocycles. The summed E-state index contributed by atoms with van der Waals surface area (Å²) >= 11 is 5.72. The van der Waals surface area contributed by atoms with Gasteiger partial charge < -0.3 is 0 Å². The fraction of sp³-hybridized carbons (Fsp3) is 0.200. The minimum absolute atomic E-state index is 0.283. The molecule has 2 aromatic rings. The zero-order chi connectivity index (χ0) is 10.1. The molecule has 0 unspecified atom stereocenters. The van der Waals surface area contributed by atoms with Gasteiger partial charge in [-0.15, -0.1) is 5.10 Å². The molecule has 0 bridgehead atoms. The Kier molecular flexibility index (Phi) is 2.25. The summed E-state index contributed by atoms with van der Waals surface area (Å²) in [5.41, 5.74) is 2.23. The van der Waals surface area contributed by atoms with E-state index < -0.39 is 0 Å². The number of nitrogens with zero attached hydrogens (tertiary/aromatic N) is 3. The lowest BCUT2D eigenvalue weighted by molar-refractivity contribution is 0.774. The number of hydrogen-bond acceptors (Lipinski definition) is 2. The summed E-state index contributed by atoms with van der Waals surface area (Å²) in [5.74, 6) is 0.799. The molecule has 3 nitrogen and oxygen atoms in total. The van der Waals surface area contributed by atoms with Crippen molar-refractivity contribution in [3.8, 4) is 11.4 Å². The van der Waals surface area contributed by atoms with Crippen LogP contribution in [0.3, 0.4) is 0 Å². The Bertz CT molecular complexity index is 462. The third-order valence-electron chi connectivity index (χ3n) is 2.12. The molecule has 0 radical (unpaired) electrons. The van der Waals surface area contributed by atoms with Gasteiger partial charge in [-0.05, 0) is 24.1 Å². The van der Waals surface area contributed by atoms with E-state index in [2.05, 4.69) is 10.1 Å². The van der Waals surface area contributed by atoms with E-state index in [0.29, 0.717) is 0 Å². The van der Waals surface area contributed by atoms with Gasteiger partial charge in [0.25, 0.3) is 0 Å². The van der Waals surface area contributed by atoms with Crippen molar-refractivity contribution in [2.24, 2.45) is 7.05 Å². The van der Waals surface area contributed by atoms with Crippen LogP contribution in [0.2, 0.25) is 5.28 Å². The Morgan fingerprint density at radius 3 is 2.57 bits per heavy atom. The average molecular weight is 208 g/mol. The first kappa shape index (κ1) is 9.21. The maximum atomic E-state index is 5.72. The SMILES string of the molecule is Cc1ccccc1-c1nc(Cl)nn1C. The summed E-state index contributed by atoms with van der Waals surface area (Å²) in [5, 5.41) is 4.28. The van der Waals surface area contributed by atoms with Crippen molar-refractivity contribution in [2.45, 2.75) is 6.92 Å². The highest BCUT2D eigenvalue weighted by molar-refractivity contribution is 6.28. The molecule has 2 rings (SSSR count). The van der Waals surface area contributed by atoms with Gasteiger partial charge in [-0.1, -0.05) is 24.3 Å². The van der Waals surface area contributed by atoms with Gasteiger partial charge in [0.05, 0.1) is 0 Å². The van der Waals surface area contributed by atoms with E-state index in [0.717, 1.165) is 11.4 Å². The summed E-state index contributed by atoms with van der Waals surface area (Å²) in [6, 6.07) is 8.02. The molecule has 0 saturated carbocycles. The van der Waals surface area contributed by atoms with Gasteiger partial charge in [-0.3, -0.25) is 0 Å². The van der Waals surface area contributed by atoms with Crippen molar-refractivity contribution in [1.82, 2.24) is 14.8 Å². The van der Waals surface area contributed by atoms with Gasteiger partial charge in [0.2, 0.25) is 5.28 Å². The monoisotopic (exact) mass is 207 g/mol.